The van der Waals surface area contributed by atoms with E-state index < -0.39 is 17.8 Å². The predicted octanol–water partition coefficient (Wildman–Crippen LogP) is 4.98. The Morgan fingerprint density at radius 1 is 1.22 bits per heavy atom. The number of carbonyl (C=O) groups excluding carboxylic acids is 1. The van der Waals surface area contributed by atoms with Gasteiger partial charge in [0.05, 0.1) is 17.2 Å². The third kappa shape index (κ3) is 4.48. The average molecular weight is 516 g/mol. The van der Waals surface area contributed by atoms with Crippen molar-refractivity contribution in [3.8, 4) is 6.07 Å². The van der Waals surface area contributed by atoms with E-state index in [1.165, 1.54) is 29.3 Å². The molecule has 11 heteroatoms. The number of pyridine rings is 1. The lowest BCUT2D eigenvalue weighted by Crippen LogP contribution is -2.42. The summed E-state index contributed by atoms with van der Waals surface area (Å²) in [5.41, 5.74) is 8.95. The Kier molecular flexibility index (Phi) is 6.07. The number of nitriles is 1. The number of oxazole rings is 1. The summed E-state index contributed by atoms with van der Waals surface area (Å²) in [4.78, 5) is 27.8. The number of allylic oxidation sites excluding steroid dienone is 1. The van der Waals surface area contributed by atoms with Crippen LogP contribution in [0, 0.1) is 24.1 Å². The van der Waals surface area contributed by atoms with Crippen molar-refractivity contribution in [2.24, 2.45) is 10.7 Å². The van der Waals surface area contributed by atoms with Crippen molar-refractivity contribution in [2.45, 2.75) is 19.9 Å². The summed E-state index contributed by atoms with van der Waals surface area (Å²) < 4.78 is 19.4. The van der Waals surface area contributed by atoms with Crippen molar-refractivity contribution in [1.29, 1.82) is 5.26 Å². The van der Waals surface area contributed by atoms with Crippen molar-refractivity contribution in [3.05, 3.63) is 93.5 Å². The van der Waals surface area contributed by atoms with Gasteiger partial charge in [-0.25, -0.2) is 14.4 Å². The zero-order chi connectivity index (χ0) is 26.3. The minimum absolute atomic E-state index is 0.0323. The first kappa shape index (κ1) is 24.0. The SMILES string of the molecule is CC1=C(C(N)=O)C(c2ccc(C)cc2Cl)N=C(Nc2nc3ccc(F)cc3o2)N1c1cc(C#N)ccn1. The fourth-order valence-corrected chi connectivity index (χ4v) is 4.48. The van der Waals surface area contributed by atoms with Crippen molar-refractivity contribution in [1.82, 2.24) is 9.97 Å². The Hall–Kier alpha value is -4.75. The van der Waals surface area contributed by atoms with Crippen LogP contribution >= 0.6 is 11.6 Å². The monoisotopic (exact) mass is 515 g/mol. The van der Waals surface area contributed by atoms with Gasteiger partial charge in [-0.15, -0.1) is 0 Å². The summed E-state index contributed by atoms with van der Waals surface area (Å²) in [7, 11) is 0. The van der Waals surface area contributed by atoms with Gasteiger partial charge in [-0.1, -0.05) is 23.7 Å². The quantitative estimate of drug-likeness (QED) is 0.391. The number of benzene rings is 2. The van der Waals surface area contributed by atoms with Gasteiger partial charge < -0.3 is 10.2 Å². The van der Waals surface area contributed by atoms with Crippen LogP contribution < -0.4 is 16.0 Å². The summed E-state index contributed by atoms with van der Waals surface area (Å²) in [6, 6.07) is 13.7. The van der Waals surface area contributed by atoms with Crippen LogP contribution in [0.2, 0.25) is 5.02 Å². The Labute approximate surface area is 215 Å². The molecule has 2 aromatic carbocycles. The smallest absolute Gasteiger partial charge is 0.302 e. The second-order valence-corrected chi connectivity index (χ2v) is 8.76. The molecule has 9 nitrogen and oxygen atoms in total. The number of fused-ring (bicyclic) bond motifs is 1. The van der Waals surface area contributed by atoms with Crippen LogP contribution in [0.5, 0.6) is 0 Å². The molecule has 0 radical (unpaired) electrons. The van der Waals surface area contributed by atoms with E-state index in [1.54, 1.807) is 31.2 Å². The number of anilines is 2. The summed E-state index contributed by atoms with van der Waals surface area (Å²) in [6.07, 6.45) is 1.47. The Morgan fingerprint density at radius 2 is 2.03 bits per heavy atom. The van der Waals surface area contributed by atoms with Crippen molar-refractivity contribution < 1.29 is 13.6 Å². The Bertz CT molecular complexity index is 1670. The normalized spacial score (nSPS) is 15.5. The first-order chi connectivity index (χ1) is 17.7. The number of hydrogen-bond acceptors (Lipinski definition) is 8. The maximum atomic E-state index is 13.7. The number of hydrogen-bond donors (Lipinski definition) is 2. The van der Waals surface area contributed by atoms with Gasteiger partial charge in [0.25, 0.3) is 0 Å². The van der Waals surface area contributed by atoms with Crippen LogP contribution in [0.4, 0.5) is 16.2 Å². The standard InChI is InChI=1S/C26H19ClFN7O2/c1-13-3-5-17(18(27)9-13)23-22(24(30)36)14(2)35(21-10-15(12-29)7-8-31-21)25(33-23)34-26-32-19-6-4-16(28)11-20(19)37-26/h3-11,23H,1-2H3,(H2,30,36)(H,32,33,34). The number of amides is 1. The number of nitrogens with two attached hydrogens (primary N) is 1. The molecular weight excluding hydrogens is 497 g/mol. The van der Waals surface area contributed by atoms with Crippen LogP contribution in [0.25, 0.3) is 11.1 Å². The highest BCUT2D eigenvalue weighted by Crippen LogP contribution is 2.39. The minimum Gasteiger partial charge on any atom is -0.423 e. The Balaban J connectivity index is 1.69. The topological polar surface area (TPSA) is 133 Å². The highest BCUT2D eigenvalue weighted by Gasteiger charge is 2.35. The van der Waals surface area contributed by atoms with Crippen molar-refractivity contribution >= 4 is 46.4 Å². The van der Waals surface area contributed by atoms with Crippen molar-refractivity contribution in [3.63, 3.8) is 0 Å². The van der Waals surface area contributed by atoms with E-state index in [9.17, 15) is 14.4 Å². The van der Waals surface area contributed by atoms with Crippen LogP contribution in [0.3, 0.4) is 0 Å². The summed E-state index contributed by atoms with van der Waals surface area (Å²) in [6.45, 7) is 3.59. The van der Waals surface area contributed by atoms with E-state index in [1.807, 2.05) is 13.0 Å². The van der Waals surface area contributed by atoms with Crippen LogP contribution in [0.15, 0.2) is 75.4 Å². The van der Waals surface area contributed by atoms with E-state index in [0.29, 0.717) is 33.2 Å². The van der Waals surface area contributed by atoms with E-state index in [0.717, 1.165) is 5.56 Å². The first-order valence-corrected chi connectivity index (χ1v) is 11.5. The summed E-state index contributed by atoms with van der Waals surface area (Å²) in [5, 5.41) is 12.8. The number of aryl methyl sites for hydroxylation is 1. The van der Waals surface area contributed by atoms with Crippen LogP contribution in [-0.2, 0) is 4.79 Å². The maximum absolute atomic E-state index is 13.7. The number of nitrogens with zero attached hydrogens (tertiary/aromatic N) is 5. The molecule has 5 rings (SSSR count). The number of aliphatic imine (C=N–C) groups is 1. The molecule has 37 heavy (non-hydrogen) atoms. The van der Waals surface area contributed by atoms with E-state index in [-0.39, 0.29) is 23.1 Å². The molecule has 184 valence electrons. The summed E-state index contributed by atoms with van der Waals surface area (Å²) >= 11 is 6.56. The molecule has 0 spiro atoms. The number of nitrogens with one attached hydrogen (secondary N) is 1. The van der Waals surface area contributed by atoms with Crippen molar-refractivity contribution in [2.75, 3.05) is 10.2 Å². The fourth-order valence-electron chi connectivity index (χ4n) is 4.14. The lowest BCUT2D eigenvalue weighted by atomic mass is 9.94. The molecule has 0 saturated heterocycles. The molecule has 2 aromatic heterocycles. The first-order valence-electron chi connectivity index (χ1n) is 11.1. The van der Waals surface area contributed by atoms with Gasteiger partial charge in [0, 0.05) is 28.5 Å². The van der Waals surface area contributed by atoms with Gasteiger partial charge in [0.1, 0.15) is 23.2 Å². The fraction of sp³-hybridized carbons (Fsp3) is 0.115. The molecule has 4 aromatic rings. The molecule has 0 saturated carbocycles. The number of rotatable bonds is 4. The maximum Gasteiger partial charge on any atom is 0.302 e. The molecule has 0 fully saturated rings. The molecule has 1 unspecified atom stereocenters. The number of halogens is 2. The second kappa shape index (κ2) is 9.37. The van der Waals surface area contributed by atoms with E-state index in [2.05, 4.69) is 21.4 Å². The third-order valence-electron chi connectivity index (χ3n) is 5.85. The van der Waals surface area contributed by atoms with Gasteiger partial charge in [-0.05, 0) is 49.7 Å². The molecule has 1 amide bonds. The zero-order valence-electron chi connectivity index (χ0n) is 19.7. The second-order valence-electron chi connectivity index (χ2n) is 8.35. The largest absolute Gasteiger partial charge is 0.423 e. The van der Waals surface area contributed by atoms with Gasteiger partial charge in [-0.2, -0.15) is 10.2 Å². The predicted molar refractivity (Wildman–Crippen MR) is 137 cm³/mol. The molecule has 1 aliphatic rings. The molecular formula is C26H19ClFN7O2. The molecule has 0 bridgehead atoms. The molecule has 1 aliphatic heterocycles. The lowest BCUT2D eigenvalue weighted by Gasteiger charge is -2.34. The van der Waals surface area contributed by atoms with Gasteiger partial charge >= 0.3 is 6.01 Å². The highest BCUT2D eigenvalue weighted by atomic mass is 35.5. The van der Waals surface area contributed by atoms with Gasteiger partial charge in [-0.3, -0.25) is 15.0 Å². The van der Waals surface area contributed by atoms with E-state index in [4.69, 9.17) is 26.7 Å². The lowest BCUT2D eigenvalue weighted by molar-refractivity contribution is -0.114. The number of guanidine groups is 1. The zero-order valence-corrected chi connectivity index (χ0v) is 20.4. The molecule has 0 aliphatic carbocycles. The average Bonchev–Trinajstić information content (AvgIpc) is 3.25. The Morgan fingerprint density at radius 3 is 2.76 bits per heavy atom. The minimum atomic E-state index is -0.856. The highest BCUT2D eigenvalue weighted by molar-refractivity contribution is 6.31. The number of primary amides is 1. The van der Waals surface area contributed by atoms with Crippen LogP contribution in [-0.4, -0.2) is 21.8 Å². The number of aromatic nitrogens is 2. The van der Waals surface area contributed by atoms with Gasteiger partial charge in [0.15, 0.2) is 5.58 Å². The number of carbonyl (C=O) groups is 1. The van der Waals surface area contributed by atoms with Crippen LogP contribution in [0.1, 0.15) is 29.7 Å². The third-order valence-corrected chi connectivity index (χ3v) is 6.18. The summed E-state index contributed by atoms with van der Waals surface area (Å²) in [5.74, 6) is -0.681. The molecule has 1 atom stereocenters. The van der Waals surface area contributed by atoms with E-state index >= 15 is 0 Å². The molecule has 3 N–H and O–H groups in total. The van der Waals surface area contributed by atoms with Gasteiger partial charge in [0.2, 0.25) is 11.9 Å². The molecule has 3 heterocycles.